The summed E-state index contributed by atoms with van der Waals surface area (Å²) in [6, 6.07) is 11.5. The molecule has 0 heterocycles. The molecule has 0 atom stereocenters. The van der Waals surface area contributed by atoms with Crippen LogP contribution in [0.3, 0.4) is 0 Å². The normalized spacial score (nSPS) is 10.1. The van der Waals surface area contributed by atoms with Gasteiger partial charge in [-0.2, -0.15) is 0 Å². The first-order valence-corrected chi connectivity index (χ1v) is 6.62. The van der Waals surface area contributed by atoms with E-state index in [-0.39, 0.29) is 12.2 Å². The summed E-state index contributed by atoms with van der Waals surface area (Å²) >= 11 is 0. The van der Waals surface area contributed by atoms with Gasteiger partial charge in [0.2, 0.25) is 0 Å². The van der Waals surface area contributed by atoms with Crippen molar-refractivity contribution in [3.05, 3.63) is 59.2 Å². The van der Waals surface area contributed by atoms with Gasteiger partial charge in [0.25, 0.3) is 0 Å². The maximum absolute atomic E-state index is 12.5. The third kappa shape index (κ3) is 3.44. The molecule has 114 valence electrons. The number of carboxylic acid groups (broad SMARTS) is 1. The predicted octanol–water partition coefficient (Wildman–Crippen LogP) is 2.56. The second-order valence-corrected chi connectivity index (χ2v) is 4.66. The van der Waals surface area contributed by atoms with Gasteiger partial charge in [-0.25, -0.2) is 0 Å². The van der Waals surface area contributed by atoms with Crippen LogP contribution >= 0.6 is 0 Å². The molecule has 5 heteroatoms. The van der Waals surface area contributed by atoms with Gasteiger partial charge in [-0.3, -0.25) is 9.59 Å². The Morgan fingerprint density at radius 3 is 2.23 bits per heavy atom. The Kier molecular flexibility index (Phi) is 4.78. The summed E-state index contributed by atoms with van der Waals surface area (Å²) in [6.45, 7) is 0. The highest BCUT2D eigenvalue weighted by Crippen LogP contribution is 2.26. The van der Waals surface area contributed by atoms with Crippen molar-refractivity contribution in [2.45, 2.75) is 6.42 Å². The number of ketones is 1. The van der Waals surface area contributed by atoms with Crippen LogP contribution < -0.4 is 9.47 Å². The maximum Gasteiger partial charge on any atom is 0.307 e. The van der Waals surface area contributed by atoms with Crippen molar-refractivity contribution in [2.24, 2.45) is 0 Å². The molecule has 0 radical (unpaired) electrons. The van der Waals surface area contributed by atoms with E-state index >= 15 is 0 Å². The molecule has 0 spiro atoms. The number of ether oxygens (including phenoxy) is 2. The lowest BCUT2D eigenvalue weighted by Crippen LogP contribution is -2.05. The molecule has 0 aliphatic carbocycles. The summed E-state index contributed by atoms with van der Waals surface area (Å²) < 4.78 is 10.3. The molecule has 22 heavy (non-hydrogen) atoms. The van der Waals surface area contributed by atoms with Crippen LogP contribution in [0, 0.1) is 0 Å². The van der Waals surface area contributed by atoms with Gasteiger partial charge in [-0.15, -0.1) is 0 Å². The lowest BCUT2D eigenvalue weighted by atomic mass is 10.0. The van der Waals surface area contributed by atoms with E-state index in [1.54, 1.807) is 42.5 Å². The van der Waals surface area contributed by atoms with Crippen molar-refractivity contribution >= 4 is 11.8 Å². The minimum atomic E-state index is -0.907. The Morgan fingerprint density at radius 2 is 1.68 bits per heavy atom. The fourth-order valence-electron chi connectivity index (χ4n) is 2.09. The molecule has 0 unspecified atom stereocenters. The van der Waals surface area contributed by atoms with Gasteiger partial charge in [0.1, 0.15) is 11.5 Å². The molecule has 2 aromatic carbocycles. The zero-order chi connectivity index (χ0) is 16.1. The largest absolute Gasteiger partial charge is 0.497 e. The molecule has 0 aliphatic rings. The van der Waals surface area contributed by atoms with Crippen molar-refractivity contribution in [3.63, 3.8) is 0 Å². The fraction of sp³-hybridized carbons (Fsp3) is 0.176. The van der Waals surface area contributed by atoms with E-state index in [4.69, 9.17) is 14.6 Å². The van der Waals surface area contributed by atoms with E-state index in [1.165, 1.54) is 14.2 Å². The lowest BCUT2D eigenvalue weighted by molar-refractivity contribution is -0.136. The van der Waals surface area contributed by atoms with E-state index in [0.717, 1.165) is 0 Å². The number of methoxy groups -OCH3 is 2. The molecule has 0 saturated heterocycles. The van der Waals surface area contributed by atoms with E-state index in [9.17, 15) is 9.59 Å². The minimum Gasteiger partial charge on any atom is -0.497 e. The molecule has 0 aliphatic heterocycles. The predicted molar refractivity (Wildman–Crippen MR) is 80.8 cm³/mol. The highest BCUT2D eigenvalue weighted by atomic mass is 16.5. The van der Waals surface area contributed by atoms with Crippen LogP contribution in [0.2, 0.25) is 0 Å². The Morgan fingerprint density at radius 1 is 1.00 bits per heavy atom. The molecule has 0 aromatic heterocycles. The van der Waals surface area contributed by atoms with Gasteiger partial charge < -0.3 is 14.6 Å². The van der Waals surface area contributed by atoms with Crippen molar-refractivity contribution in [3.8, 4) is 11.5 Å². The van der Waals surface area contributed by atoms with Crippen LogP contribution in [0.15, 0.2) is 42.5 Å². The Balaban J connectivity index is 2.29. The molecule has 0 bridgehead atoms. The van der Waals surface area contributed by atoms with Crippen molar-refractivity contribution in [2.75, 3.05) is 14.2 Å². The Bertz CT molecular complexity index is 689. The molecule has 1 N–H and O–H groups in total. The number of hydrogen-bond acceptors (Lipinski definition) is 4. The SMILES string of the molecule is COc1ccc(C(=O)c2ccc(CC(=O)O)cc2)c(OC)c1. The van der Waals surface area contributed by atoms with Crippen LogP contribution in [0.1, 0.15) is 21.5 Å². The summed E-state index contributed by atoms with van der Waals surface area (Å²) in [5.74, 6) is -0.0681. The van der Waals surface area contributed by atoms with Crippen molar-refractivity contribution in [1.29, 1.82) is 0 Å². The third-order valence-electron chi connectivity index (χ3n) is 3.22. The highest BCUT2D eigenvalue weighted by molar-refractivity contribution is 6.10. The number of carbonyl (C=O) groups is 2. The zero-order valence-electron chi connectivity index (χ0n) is 12.3. The molecule has 5 nitrogen and oxygen atoms in total. The standard InChI is InChI=1S/C17H16O5/c1-21-13-7-8-14(15(10-13)22-2)17(20)12-5-3-11(4-6-12)9-16(18)19/h3-8,10H,9H2,1-2H3,(H,18,19). The summed E-state index contributed by atoms with van der Waals surface area (Å²) in [6.07, 6.45) is -0.0691. The maximum atomic E-state index is 12.5. The van der Waals surface area contributed by atoms with Crippen LogP contribution in [-0.4, -0.2) is 31.1 Å². The number of rotatable bonds is 6. The fourth-order valence-corrected chi connectivity index (χ4v) is 2.09. The molecule has 0 amide bonds. The van der Waals surface area contributed by atoms with E-state index in [1.807, 2.05) is 0 Å². The van der Waals surface area contributed by atoms with Gasteiger partial charge in [0, 0.05) is 11.6 Å². The summed E-state index contributed by atoms with van der Waals surface area (Å²) in [7, 11) is 3.03. The number of benzene rings is 2. The summed E-state index contributed by atoms with van der Waals surface area (Å²) in [5, 5.41) is 8.75. The molecule has 0 saturated carbocycles. The molecule has 2 rings (SSSR count). The molecular formula is C17H16O5. The van der Waals surface area contributed by atoms with Gasteiger partial charge in [-0.05, 0) is 17.7 Å². The quantitative estimate of drug-likeness (QED) is 0.830. The second kappa shape index (κ2) is 6.76. The molecular weight excluding hydrogens is 284 g/mol. The lowest BCUT2D eigenvalue weighted by Gasteiger charge is -2.10. The van der Waals surface area contributed by atoms with E-state index in [0.29, 0.717) is 28.2 Å². The zero-order valence-corrected chi connectivity index (χ0v) is 12.3. The average molecular weight is 300 g/mol. The van der Waals surface area contributed by atoms with Crippen molar-refractivity contribution in [1.82, 2.24) is 0 Å². The van der Waals surface area contributed by atoms with E-state index < -0.39 is 5.97 Å². The number of aliphatic carboxylic acids is 1. The number of carbonyl (C=O) groups excluding carboxylic acids is 1. The first-order chi connectivity index (χ1) is 10.5. The average Bonchev–Trinajstić information content (AvgIpc) is 2.53. The van der Waals surface area contributed by atoms with Crippen molar-refractivity contribution < 1.29 is 24.2 Å². The monoisotopic (exact) mass is 300 g/mol. The van der Waals surface area contributed by atoms with Gasteiger partial charge >= 0.3 is 5.97 Å². The first kappa shape index (κ1) is 15.6. The molecule has 2 aromatic rings. The molecule has 0 fully saturated rings. The highest BCUT2D eigenvalue weighted by Gasteiger charge is 2.15. The topological polar surface area (TPSA) is 72.8 Å². The Hall–Kier alpha value is -2.82. The van der Waals surface area contributed by atoms with Crippen LogP contribution in [0.5, 0.6) is 11.5 Å². The second-order valence-electron chi connectivity index (χ2n) is 4.66. The van der Waals surface area contributed by atoms with Crippen LogP contribution in [-0.2, 0) is 11.2 Å². The van der Waals surface area contributed by atoms with Crippen LogP contribution in [0.25, 0.3) is 0 Å². The van der Waals surface area contributed by atoms with E-state index in [2.05, 4.69) is 0 Å². The smallest absolute Gasteiger partial charge is 0.307 e. The summed E-state index contributed by atoms with van der Waals surface area (Å²) in [5.41, 5.74) is 1.54. The minimum absolute atomic E-state index is 0.0691. The van der Waals surface area contributed by atoms with Crippen LogP contribution in [0.4, 0.5) is 0 Å². The Labute approximate surface area is 128 Å². The third-order valence-corrected chi connectivity index (χ3v) is 3.22. The number of carboxylic acids is 1. The number of hydrogen-bond donors (Lipinski definition) is 1. The van der Waals surface area contributed by atoms with Gasteiger partial charge in [0.05, 0.1) is 26.2 Å². The van der Waals surface area contributed by atoms with Gasteiger partial charge in [-0.1, -0.05) is 24.3 Å². The first-order valence-electron chi connectivity index (χ1n) is 6.62. The van der Waals surface area contributed by atoms with Gasteiger partial charge in [0.15, 0.2) is 5.78 Å². The summed E-state index contributed by atoms with van der Waals surface area (Å²) in [4.78, 5) is 23.2.